The lowest BCUT2D eigenvalue weighted by molar-refractivity contribution is 0.338. The van der Waals surface area contributed by atoms with Gasteiger partial charge in [-0.1, -0.05) is 0 Å². The van der Waals surface area contributed by atoms with Gasteiger partial charge < -0.3 is 5.32 Å². The average molecular weight is 167 g/mol. The molecule has 0 heterocycles. The van der Waals surface area contributed by atoms with Crippen LogP contribution in [0.1, 0.15) is 6.92 Å². The van der Waals surface area contributed by atoms with Crippen LogP contribution in [0.25, 0.3) is 0 Å². The maximum Gasteiger partial charge on any atom is 0.268 e. The molecule has 1 N–H and O–H groups in total. The van der Waals surface area contributed by atoms with Gasteiger partial charge in [0, 0.05) is 6.54 Å². The van der Waals surface area contributed by atoms with Crippen LogP contribution in [0.3, 0.4) is 0 Å². The molecule has 0 aliphatic heterocycles. The summed E-state index contributed by atoms with van der Waals surface area (Å²) in [7, 11) is -1.56. The van der Waals surface area contributed by atoms with Crippen LogP contribution in [0.15, 0.2) is 0 Å². The first-order valence-corrected chi connectivity index (χ1v) is 4.72. The largest absolute Gasteiger partial charge is 0.319 e. The Morgan fingerprint density at radius 3 is 2.50 bits per heavy atom. The van der Waals surface area contributed by atoms with Gasteiger partial charge in [-0.25, -0.2) is 0 Å². The fourth-order valence-electron chi connectivity index (χ4n) is 0.466. The molecule has 0 amide bonds. The Balaban J connectivity index is 3.65. The smallest absolute Gasteiger partial charge is 0.268 e. The predicted octanol–water partition coefficient (Wildman–Crippen LogP) is -0.428. The van der Waals surface area contributed by atoms with E-state index < -0.39 is 10.1 Å². The van der Waals surface area contributed by atoms with Crippen molar-refractivity contribution in [2.24, 2.45) is 0 Å². The summed E-state index contributed by atoms with van der Waals surface area (Å²) in [5.74, 6) is 0.0390. The van der Waals surface area contributed by atoms with Crippen molar-refractivity contribution in [3.05, 3.63) is 0 Å². The molecule has 0 atom stereocenters. The van der Waals surface area contributed by atoms with E-state index in [0.717, 1.165) is 0 Å². The molecule has 0 radical (unpaired) electrons. The summed E-state index contributed by atoms with van der Waals surface area (Å²) in [5, 5.41) is 2.72. The van der Waals surface area contributed by atoms with Gasteiger partial charge in [0.15, 0.2) is 0 Å². The Bertz CT molecular complexity index is 164. The minimum atomic E-state index is -3.26. The molecule has 0 aliphatic carbocycles. The molecule has 0 fully saturated rings. The molecule has 5 heteroatoms. The first-order chi connectivity index (χ1) is 4.62. The number of hydrogen-bond acceptors (Lipinski definition) is 4. The zero-order chi connectivity index (χ0) is 8.04. The van der Waals surface area contributed by atoms with Crippen molar-refractivity contribution >= 4 is 10.1 Å². The van der Waals surface area contributed by atoms with E-state index in [-0.39, 0.29) is 12.4 Å². The monoisotopic (exact) mass is 167 g/mol. The molecular formula is C5H13NO3S. The molecule has 62 valence electrons. The number of hydrogen-bond donors (Lipinski definition) is 1. The number of rotatable bonds is 5. The van der Waals surface area contributed by atoms with Gasteiger partial charge in [-0.3, -0.25) is 4.18 Å². The summed E-state index contributed by atoms with van der Waals surface area (Å²) in [6, 6.07) is 0. The molecule has 0 bridgehead atoms. The van der Waals surface area contributed by atoms with E-state index >= 15 is 0 Å². The average Bonchev–Trinajstić information content (AvgIpc) is 1.84. The second kappa shape index (κ2) is 4.65. The predicted molar refractivity (Wildman–Crippen MR) is 39.3 cm³/mol. The van der Waals surface area contributed by atoms with E-state index in [9.17, 15) is 8.42 Å². The van der Waals surface area contributed by atoms with Crippen LogP contribution in [-0.4, -0.2) is 34.4 Å². The highest BCUT2D eigenvalue weighted by Gasteiger charge is 2.07. The van der Waals surface area contributed by atoms with Gasteiger partial charge in [-0.05, 0) is 14.0 Å². The third-order valence-electron chi connectivity index (χ3n) is 0.899. The quantitative estimate of drug-likeness (QED) is 0.565. The molecule has 0 saturated heterocycles. The fraction of sp³-hybridized carbons (Fsp3) is 1.00. The van der Waals surface area contributed by atoms with Crippen molar-refractivity contribution in [1.82, 2.24) is 5.32 Å². The molecule has 0 aromatic heterocycles. The maximum absolute atomic E-state index is 10.7. The van der Waals surface area contributed by atoms with Crippen LogP contribution in [0.2, 0.25) is 0 Å². The maximum atomic E-state index is 10.7. The zero-order valence-electron chi connectivity index (χ0n) is 6.25. The molecule has 0 spiro atoms. The molecule has 0 aliphatic rings. The van der Waals surface area contributed by atoms with Gasteiger partial charge in [-0.2, -0.15) is 8.42 Å². The Hall–Kier alpha value is -0.130. The standard InChI is InChI=1S/C5H13NO3S/c1-3-9-10(7,8)5-4-6-2/h6H,3-5H2,1-2H3. The first kappa shape index (κ1) is 9.87. The van der Waals surface area contributed by atoms with E-state index in [1.165, 1.54) is 0 Å². The molecule has 0 rings (SSSR count). The van der Waals surface area contributed by atoms with Gasteiger partial charge in [-0.15, -0.1) is 0 Å². The van der Waals surface area contributed by atoms with E-state index in [1.54, 1.807) is 14.0 Å². The fourth-order valence-corrected chi connectivity index (χ4v) is 1.40. The minimum absolute atomic E-state index is 0.0390. The summed E-state index contributed by atoms with van der Waals surface area (Å²) in [5.41, 5.74) is 0. The Labute approximate surface area is 61.7 Å². The van der Waals surface area contributed by atoms with Crippen LogP contribution >= 0.6 is 0 Å². The van der Waals surface area contributed by atoms with Crippen LogP contribution in [0.5, 0.6) is 0 Å². The summed E-state index contributed by atoms with van der Waals surface area (Å²) >= 11 is 0. The normalized spacial score (nSPS) is 11.8. The third kappa shape index (κ3) is 4.72. The lowest BCUT2D eigenvalue weighted by Gasteiger charge is -2.00. The first-order valence-electron chi connectivity index (χ1n) is 3.14. The molecule has 0 aromatic rings. The lowest BCUT2D eigenvalue weighted by atomic mass is 10.8. The van der Waals surface area contributed by atoms with Crippen molar-refractivity contribution in [3.8, 4) is 0 Å². The van der Waals surface area contributed by atoms with Crippen molar-refractivity contribution in [3.63, 3.8) is 0 Å². The summed E-state index contributed by atoms with van der Waals surface area (Å²) in [6.45, 7) is 2.30. The molecule has 0 saturated carbocycles. The van der Waals surface area contributed by atoms with Crippen molar-refractivity contribution in [2.75, 3.05) is 26.0 Å². The van der Waals surface area contributed by atoms with Crippen LogP contribution in [0, 0.1) is 0 Å². The SMILES string of the molecule is CCOS(=O)(=O)CCNC. The number of nitrogens with one attached hydrogen (secondary N) is 1. The van der Waals surface area contributed by atoms with Gasteiger partial charge in [0.1, 0.15) is 0 Å². The van der Waals surface area contributed by atoms with Crippen LogP contribution in [-0.2, 0) is 14.3 Å². The molecule has 4 nitrogen and oxygen atoms in total. The van der Waals surface area contributed by atoms with Gasteiger partial charge in [0.25, 0.3) is 10.1 Å². The van der Waals surface area contributed by atoms with Gasteiger partial charge in [0.2, 0.25) is 0 Å². The molecule has 10 heavy (non-hydrogen) atoms. The third-order valence-corrected chi connectivity index (χ3v) is 2.20. The Morgan fingerprint density at radius 2 is 2.10 bits per heavy atom. The Morgan fingerprint density at radius 1 is 1.50 bits per heavy atom. The summed E-state index contributed by atoms with van der Waals surface area (Å²) < 4.78 is 25.9. The van der Waals surface area contributed by atoms with Crippen molar-refractivity contribution in [1.29, 1.82) is 0 Å². The Kier molecular flexibility index (Phi) is 4.59. The van der Waals surface area contributed by atoms with E-state index in [0.29, 0.717) is 6.54 Å². The summed E-state index contributed by atoms with van der Waals surface area (Å²) in [4.78, 5) is 0. The van der Waals surface area contributed by atoms with Crippen molar-refractivity contribution in [2.45, 2.75) is 6.92 Å². The highest BCUT2D eigenvalue weighted by molar-refractivity contribution is 7.86. The second-order valence-electron chi connectivity index (χ2n) is 1.77. The topological polar surface area (TPSA) is 55.4 Å². The van der Waals surface area contributed by atoms with Crippen molar-refractivity contribution < 1.29 is 12.6 Å². The van der Waals surface area contributed by atoms with Crippen LogP contribution in [0.4, 0.5) is 0 Å². The van der Waals surface area contributed by atoms with Gasteiger partial charge >= 0.3 is 0 Å². The van der Waals surface area contributed by atoms with Gasteiger partial charge in [0.05, 0.1) is 12.4 Å². The second-order valence-corrected chi connectivity index (χ2v) is 3.53. The minimum Gasteiger partial charge on any atom is -0.319 e. The highest BCUT2D eigenvalue weighted by Crippen LogP contribution is 1.90. The molecular weight excluding hydrogens is 154 g/mol. The van der Waals surface area contributed by atoms with E-state index in [1.807, 2.05) is 0 Å². The van der Waals surface area contributed by atoms with E-state index in [2.05, 4.69) is 9.50 Å². The molecule has 0 aromatic carbocycles. The lowest BCUT2D eigenvalue weighted by Crippen LogP contribution is -2.20. The molecule has 0 unspecified atom stereocenters. The van der Waals surface area contributed by atoms with E-state index in [4.69, 9.17) is 0 Å². The van der Waals surface area contributed by atoms with Crippen LogP contribution < -0.4 is 5.32 Å². The zero-order valence-corrected chi connectivity index (χ0v) is 7.07. The highest BCUT2D eigenvalue weighted by atomic mass is 32.2. The summed E-state index contributed by atoms with van der Waals surface area (Å²) in [6.07, 6.45) is 0.